The number of nitrogens with zero attached hydrogens (tertiary/aromatic N) is 3. The van der Waals surface area contributed by atoms with Crippen LogP contribution in [0.1, 0.15) is 34.3 Å². The average Bonchev–Trinajstić information content (AvgIpc) is 2.85. The highest BCUT2D eigenvalue weighted by atomic mass is 16.5. The van der Waals surface area contributed by atoms with Gasteiger partial charge >= 0.3 is 0 Å². The number of hydrogen-bond acceptors (Lipinski definition) is 7. The summed E-state index contributed by atoms with van der Waals surface area (Å²) in [7, 11) is 0. The second-order valence-electron chi connectivity index (χ2n) is 7.54. The van der Waals surface area contributed by atoms with Gasteiger partial charge in [0, 0.05) is 31.3 Å². The number of ether oxygens (including phenoxy) is 2. The van der Waals surface area contributed by atoms with E-state index in [1.54, 1.807) is 66.9 Å². The van der Waals surface area contributed by atoms with Gasteiger partial charge in [-0.2, -0.15) is 10.5 Å². The second kappa shape index (κ2) is 10.3. The van der Waals surface area contributed by atoms with E-state index in [-0.39, 0.29) is 11.9 Å². The topological polar surface area (TPSA) is 120 Å². The maximum Gasteiger partial charge on any atom is 0.253 e. The molecule has 0 spiro atoms. The Morgan fingerprint density at radius 1 is 0.909 bits per heavy atom. The van der Waals surface area contributed by atoms with Gasteiger partial charge < -0.3 is 14.8 Å². The first-order chi connectivity index (χ1) is 16.1. The Bertz CT molecular complexity index is 1100. The Kier molecular flexibility index (Phi) is 6.79. The summed E-state index contributed by atoms with van der Waals surface area (Å²) < 4.78 is 12.1. The summed E-state index contributed by atoms with van der Waals surface area (Å²) in [5.41, 5.74) is 1.57. The lowest BCUT2D eigenvalue weighted by molar-refractivity contribution is 0.0166. The number of nitrogens with one attached hydrogen (secondary N) is 2. The van der Waals surface area contributed by atoms with Gasteiger partial charge in [-0.3, -0.25) is 9.78 Å². The van der Waals surface area contributed by atoms with Gasteiger partial charge in [0.1, 0.15) is 11.5 Å². The summed E-state index contributed by atoms with van der Waals surface area (Å²) in [5.74, 6) is 0.981. The van der Waals surface area contributed by atoms with Gasteiger partial charge in [-0.1, -0.05) is 0 Å². The maximum atomic E-state index is 12.7. The molecule has 0 radical (unpaired) electrons. The Morgan fingerprint density at radius 2 is 1.45 bits per heavy atom. The predicted molar refractivity (Wildman–Crippen MR) is 119 cm³/mol. The SMILES string of the molecule is N#Cc1ccc(OC2CC(NC(=O)c3cccnc3)CC(Oc3ccc(C#N)cc3)N2)cc1. The lowest BCUT2D eigenvalue weighted by atomic mass is 10.0. The Labute approximate surface area is 191 Å². The third-order valence-corrected chi connectivity index (χ3v) is 5.15. The molecule has 1 saturated heterocycles. The van der Waals surface area contributed by atoms with E-state index in [1.165, 1.54) is 6.20 Å². The minimum Gasteiger partial charge on any atom is -0.475 e. The molecular weight excluding hydrogens is 418 g/mol. The van der Waals surface area contributed by atoms with Crippen molar-refractivity contribution in [3.63, 3.8) is 0 Å². The molecule has 0 aliphatic carbocycles. The van der Waals surface area contributed by atoms with Gasteiger partial charge in [0.05, 0.1) is 28.8 Å². The van der Waals surface area contributed by atoms with Crippen LogP contribution in [0.2, 0.25) is 0 Å². The van der Waals surface area contributed by atoms with Crippen molar-refractivity contribution in [1.82, 2.24) is 15.6 Å². The molecule has 164 valence electrons. The van der Waals surface area contributed by atoms with E-state index in [9.17, 15) is 4.79 Å². The van der Waals surface area contributed by atoms with Crippen molar-refractivity contribution in [2.24, 2.45) is 0 Å². The number of pyridine rings is 1. The Morgan fingerprint density at radius 3 is 1.91 bits per heavy atom. The van der Waals surface area contributed by atoms with Crippen molar-refractivity contribution in [1.29, 1.82) is 10.5 Å². The zero-order chi connectivity index (χ0) is 23.0. The molecule has 0 bridgehead atoms. The van der Waals surface area contributed by atoms with Crippen LogP contribution in [0.5, 0.6) is 11.5 Å². The highest BCUT2D eigenvalue weighted by Crippen LogP contribution is 2.22. The number of hydrogen-bond donors (Lipinski definition) is 2. The van der Waals surface area contributed by atoms with Crippen LogP contribution in [0.4, 0.5) is 0 Å². The zero-order valence-corrected chi connectivity index (χ0v) is 17.6. The lowest BCUT2D eigenvalue weighted by Gasteiger charge is -2.36. The summed E-state index contributed by atoms with van der Waals surface area (Å²) in [6.45, 7) is 0. The fourth-order valence-electron chi connectivity index (χ4n) is 3.55. The van der Waals surface area contributed by atoms with Crippen molar-refractivity contribution >= 4 is 5.91 Å². The predicted octanol–water partition coefficient (Wildman–Crippen LogP) is 3.12. The van der Waals surface area contributed by atoms with Crippen molar-refractivity contribution in [2.75, 3.05) is 0 Å². The van der Waals surface area contributed by atoms with Gasteiger partial charge in [0.15, 0.2) is 12.5 Å². The minimum absolute atomic E-state index is 0.217. The van der Waals surface area contributed by atoms with E-state index < -0.39 is 12.5 Å². The fraction of sp³-hybridized carbons (Fsp3) is 0.200. The van der Waals surface area contributed by atoms with E-state index in [0.717, 1.165) is 0 Å². The maximum absolute atomic E-state index is 12.7. The third-order valence-electron chi connectivity index (χ3n) is 5.15. The molecule has 2 unspecified atom stereocenters. The first-order valence-corrected chi connectivity index (χ1v) is 10.4. The van der Waals surface area contributed by atoms with Crippen molar-refractivity contribution in [3.05, 3.63) is 89.7 Å². The van der Waals surface area contributed by atoms with Crippen LogP contribution in [-0.2, 0) is 0 Å². The number of aromatic nitrogens is 1. The summed E-state index contributed by atoms with van der Waals surface area (Å²) in [5, 5.41) is 24.3. The van der Waals surface area contributed by atoms with Crippen molar-refractivity contribution in [3.8, 4) is 23.6 Å². The summed E-state index contributed by atoms with van der Waals surface area (Å²) in [4.78, 5) is 16.7. The molecule has 1 amide bonds. The first kappa shape index (κ1) is 21.8. The van der Waals surface area contributed by atoms with Gasteiger partial charge in [0.25, 0.3) is 5.91 Å². The Hall–Kier alpha value is -4.40. The van der Waals surface area contributed by atoms with Gasteiger partial charge in [-0.15, -0.1) is 0 Å². The van der Waals surface area contributed by atoms with Crippen LogP contribution in [0.15, 0.2) is 73.1 Å². The summed E-state index contributed by atoms with van der Waals surface area (Å²) in [6.07, 6.45) is 3.29. The smallest absolute Gasteiger partial charge is 0.253 e. The van der Waals surface area contributed by atoms with Crippen molar-refractivity contribution in [2.45, 2.75) is 31.3 Å². The number of benzene rings is 2. The molecular formula is C25H21N5O3. The monoisotopic (exact) mass is 439 g/mol. The van der Waals surface area contributed by atoms with Crippen LogP contribution in [0.25, 0.3) is 0 Å². The molecule has 8 nitrogen and oxygen atoms in total. The molecule has 2 atom stereocenters. The van der Waals surface area contributed by atoms with Crippen molar-refractivity contribution < 1.29 is 14.3 Å². The fourth-order valence-corrected chi connectivity index (χ4v) is 3.55. The summed E-state index contributed by atoms with van der Waals surface area (Å²) in [6, 6.07) is 21.0. The van der Waals surface area contributed by atoms with Gasteiger partial charge in [0.2, 0.25) is 0 Å². The highest BCUT2D eigenvalue weighted by Gasteiger charge is 2.32. The van der Waals surface area contributed by atoms with E-state index in [1.807, 2.05) is 0 Å². The molecule has 1 fully saturated rings. The number of piperidine rings is 1. The van der Waals surface area contributed by atoms with Crippen LogP contribution >= 0.6 is 0 Å². The number of rotatable bonds is 6. The standard InChI is InChI=1S/C25H21N5O3/c26-14-17-3-7-21(8-4-17)32-23-12-20(29-25(31)19-2-1-11-28-16-19)13-24(30-23)33-22-9-5-18(15-27)6-10-22/h1-11,16,20,23-24,30H,12-13H2,(H,29,31). The number of amides is 1. The zero-order valence-electron chi connectivity index (χ0n) is 17.6. The van der Waals surface area contributed by atoms with E-state index in [4.69, 9.17) is 20.0 Å². The van der Waals surface area contributed by atoms with E-state index in [2.05, 4.69) is 27.8 Å². The Balaban J connectivity index is 1.48. The molecule has 1 aliphatic heterocycles. The molecule has 3 aromatic rings. The third kappa shape index (κ3) is 5.85. The van der Waals surface area contributed by atoms with E-state index >= 15 is 0 Å². The minimum atomic E-state index is -0.436. The van der Waals surface area contributed by atoms with E-state index in [0.29, 0.717) is 41.0 Å². The molecule has 0 saturated carbocycles. The molecule has 33 heavy (non-hydrogen) atoms. The second-order valence-corrected chi connectivity index (χ2v) is 7.54. The normalized spacial score (nSPS) is 19.5. The quantitative estimate of drug-likeness (QED) is 0.605. The summed E-state index contributed by atoms with van der Waals surface area (Å²) >= 11 is 0. The lowest BCUT2D eigenvalue weighted by Crippen LogP contribution is -2.56. The first-order valence-electron chi connectivity index (χ1n) is 10.4. The molecule has 2 N–H and O–H groups in total. The molecule has 8 heteroatoms. The molecule has 2 heterocycles. The molecule has 1 aromatic heterocycles. The highest BCUT2D eigenvalue weighted by molar-refractivity contribution is 5.94. The van der Waals surface area contributed by atoms with Gasteiger partial charge in [-0.05, 0) is 60.7 Å². The van der Waals surface area contributed by atoms with Crippen LogP contribution in [-0.4, -0.2) is 29.4 Å². The molecule has 1 aliphatic rings. The number of carbonyl (C=O) groups is 1. The average molecular weight is 439 g/mol. The van der Waals surface area contributed by atoms with Crippen LogP contribution in [0, 0.1) is 22.7 Å². The molecule has 2 aromatic carbocycles. The number of nitriles is 2. The number of carbonyl (C=O) groups excluding carboxylic acids is 1. The van der Waals surface area contributed by atoms with Crippen LogP contribution < -0.4 is 20.1 Å². The molecule has 4 rings (SSSR count). The van der Waals surface area contributed by atoms with Crippen LogP contribution in [0.3, 0.4) is 0 Å². The van der Waals surface area contributed by atoms with Gasteiger partial charge in [-0.25, -0.2) is 5.32 Å². The largest absolute Gasteiger partial charge is 0.475 e.